The number of benzene rings is 1. The van der Waals surface area contributed by atoms with Gasteiger partial charge in [0, 0.05) is 36.6 Å². The zero-order valence-corrected chi connectivity index (χ0v) is 15.0. The second-order valence-electron chi connectivity index (χ2n) is 6.61. The van der Waals surface area contributed by atoms with Crippen LogP contribution in [0, 0.1) is 5.92 Å². The van der Waals surface area contributed by atoms with Gasteiger partial charge in [0.1, 0.15) is 5.75 Å². The minimum Gasteiger partial charge on any atom is -0.494 e. The Hall–Kier alpha value is -2.39. The Morgan fingerprint density at radius 2 is 2.12 bits per heavy atom. The maximum absolute atomic E-state index is 13.3. The zero-order chi connectivity index (χ0) is 18.5. The van der Waals surface area contributed by atoms with Crippen molar-refractivity contribution in [3.8, 4) is 5.75 Å². The van der Waals surface area contributed by atoms with E-state index in [0.29, 0.717) is 36.0 Å². The summed E-state index contributed by atoms with van der Waals surface area (Å²) >= 11 is 0. The van der Waals surface area contributed by atoms with Gasteiger partial charge in [0.05, 0.1) is 24.2 Å². The molecule has 0 aliphatic carbocycles. The van der Waals surface area contributed by atoms with Gasteiger partial charge in [0.2, 0.25) is 10.0 Å². The molecule has 8 nitrogen and oxygen atoms in total. The molecule has 2 aromatic rings. The number of fused-ring (bicyclic) bond motifs is 2. The maximum atomic E-state index is 13.3. The number of sulfonamides is 1. The molecular weight excluding hydrogens is 358 g/mol. The molecule has 2 aliphatic rings. The normalized spacial score (nSPS) is 23.3. The Morgan fingerprint density at radius 3 is 2.85 bits per heavy atom. The Labute approximate surface area is 151 Å². The summed E-state index contributed by atoms with van der Waals surface area (Å²) in [5, 5.41) is 10.5. The molecule has 9 heteroatoms. The third-order valence-electron chi connectivity index (χ3n) is 5.31. The summed E-state index contributed by atoms with van der Waals surface area (Å²) in [5.41, 5.74) is 0. The number of likely N-dealkylation sites (tertiary alicyclic amines) is 1. The first-order chi connectivity index (χ1) is 12.4. The summed E-state index contributed by atoms with van der Waals surface area (Å²) in [6, 6.07) is 4.75. The molecule has 1 amide bonds. The zero-order valence-electron chi connectivity index (χ0n) is 14.2. The number of carboxylic acid groups (broad SMARTS) is 1. The first kappa shape index (κ1) is 17.0. The lowest BCUT2D eigenvalue weighted by Gasteiger charge is -2.22. The third-order valence-corrected chi connectivity index (χ3v) is 7.18. The van der Waals surface area contributed by atoms with E-state index >= 15 is 0 Å². The topological polar surface area (TPSA) is 100 Å². The first-order valence-corrected chi connectivity index (χ1v) is 9.78. The number of carbonyl (C=O) groups is 1. The molecule has 1 aromatic carbocycles. The lowest BCUT2D eigenvalue weighted by atomic mass is 10.1. The van der Waals surface area contributed by atoms with E-state index in [1.807, 2.05) is 0 Å². The van der Waals surface area contributed by atoms with Crippen molar-refractivity contribution in [3.63, 3.8) is 0 Å². The molecular formula is C17H19N3O5S. The highest BCUT2D eigenvalue weighted by molar-refractivity contribution is 7.89. The number of pyridine rings is 1. The summed E-state index contributed by atoms with van der Waals surface area (Å²) in [6.45, 7) is 0.982. The quantitative estimate of drug-likeness (QED) is 0.872. The van der Waals surface area contributed by atoms with Crippen molar-refractivity contribution in [3.05, 3.63) is 30.6 Å². The number of hydrogen-bond donors (Lipinski definition) is 1. The number of amides is 1. The molecule has 3 heterocycles. The molecule has 26 heavy (non-hydrogen) atoms. The van der Waals surface area contributed by atoms with E-state index in [1.165, 1.54) is 22.5 Å². The van der Waals surface area contributed by atoms with E-state index in [1.54, 1.807) is 24.4 Å². The molecule has 0 saturated carbocycles. The number of rotatable bonds is 3. The van der Waals surface area contributed by atoms with Crippen molar-refractivity contribution >= 4 is 26.9 Å². The smallest absolute Gasteiger partial charge is 0.407 e. The lowest BCUT2D eigenvalue weighted by molar-refractivity contribution is 0.139. The van der Waals surface area contributed by atoms with Gasteiger partial charge in [0.25, 0.3) is 0 Å². The van der Waals surface area contributed by atoms with Gasteiger partial charge in [0.15, 0.2) is 0 Å². The van der Waals surface area contributed by atoms with Gasteiger partial charge in [-0.15, -0.1) is 0 Å². The number of hydrogen-bond acceptors (Lipinski definition) is 5. The van der Waals surface area contributed by atoms with Crippen LogP contribution in [0.15, 0.2) is 35.5 Å². The Morgan fingerprint density at radius 1 is 1.31 bits per heavy atom. The summed E-state index contributed by atoms with van der Waals surface area (Å²) in [6.07, 6.45) is 2.79. The molecule has 2 unspecified atom stereocenters. The van der Waals surface area contributed by atoms with E-state index < -0.39 is 16.1 Å². The van der Waals surface area contributed by atoms with Crippen molar-refractivity contribution in [1.82, 2.24) is 14.2 Å². The largest absolute Gasteiger partial charge is 0.494 e. The fourth-order valence-corrected chi connectivity index (χ4v) is 5.78. The van der Waals surface area contributed by atoms with Gasteiger partial charge in [-0.2, -0.15) is 4.31 Å². The van der Waals surface area contributed by atoms with Crippen LogP contribution >= 0.6 is 0 Å². The number of ether oxygens (including phenoxy) is 1. The molecule has 2 fully saturated rings. The summed E-state index contributed by atoms with van der Waals surface area (Å²) in [5.74, 6) is 0.438. The van der Waals surface area contributed by atoms with E-state index in [2.05, 4.69) is 4.98 Å². The van der Waals surface area contributed by atoms with Crippen LogP contribution in [0.4, 0.5) is 4.79 Å². The molecule has 4 rings (SSSR count). The number of nitrogens with zero attached hydrogens (tertiary/aromatic N) is 3. The number of aromatic nitrogens is 1. The molecule has 2 atom stereocenters. The average molecular weight is 377 g/mol. The Bertz CT molecular complexity index is 972. The highest BCUT2D eigenvalue weighted by Crippen LogP contribution is 2.37. The molecule has 0 radical (unpaired) electrons. The monoisotopic (exact) mass is 377 g/mol. The number of methoxy groups -OCH3 is 1. The van der Waals surface area contributed by atoms with Gasteiger partial charge in [-0.3, -0.25) is 4.98 Å². The second kappa shape index (κ2) is 6.10. The summed E-state index contributed by atoms with van der Waals surface area (Å²) in [7, 11) is -2.31. The van der Waals surface area contributed by atoms with Gasteiger partial charge >= 0.3 is 6.09 Å². The minimum atomic E-state index is -3.78. The molecule has 1 aromatic heterocycles. The summed E-state index contributed by atoms with van der Waals surface area (Å²) in [4.78, 5) is 17.0. The predicted octanol–water partition coefficient (Wildman–Crippen LogP) is 1.62. The van der Waals surface area contributed by atoms with Gasteiger partial charge in [-0.05, 0) is 18.4 Å². The lowest BCUT2D eigenvalue weighted by Crippen LogP contribution is -2.39. The minimum absolute atomic E-state index is 0.0411. The predicted molar refractivity (Wildman–Crippen MR) is 93.7 cm³/mol. The van der Waals surface area contributed by atoms with Crippen molar-refractivity contribution in [2.24, 2.45) is 5.92 Å². The fourth-order valence-electron chi connectivity index (χ4n) is 4.03. The van der Waals surface area contributed by atoms with Crippen molar-refractivity contribution in [2.75, 3.05) is 26.7 Å². The average Bonchev–Trinajstić information content (AvgIpc) is 3.21. The van der Waals surface area contributed by atoms with Crippen LogP contribution in [0.1, 0.15) is 6.42 Å². The van der Waals surface area contributed by atoms with Gasteiger partial charge in [-0.1, -0.05) is 12.1 Å². The molecule has 0 bridgehead atoms. The van der Waals surface area contributed by atoms with E-state index in [9.17, 15) is 18.3 Å². The molecule has 138 valence electrons. The Balaban J connectivity index is 1.75. The van der Waals surface area contributed by atoms with Crippen LogP contribution in [-0.2, 0) is 10.0 Å². The van der Waals surface area contributed by atoms with E-state index in [-0.39, 0.29) is 23.4 Å². The van der Waals surface area contributed by atoms with Crippen molar-refractivity contribution in [2.45, 2.75) is 17.4 Å². The van der Waals surface area contributed by atoms with Gasteiger partial charge in [-0.25, -0.2) is 13.2 Å². The van der Waals surface area contributed by atoms with Crippen molar-refractivity contribution in [1.29, 1.82) is 0 Å². The standard InChI is InChI=1S/C17H19N3O5S/c1-25-14-8-18-7-11-3-2-4-15(16(11)14)26(23,24)19-9-12-5-6-20(17(21)22)13(12)10-19/h2-4,7-8,12-13H,5-6,9-10H2,1H3,(H,21,22). The van der Waals surface area contributed by atoms with Crippen LogP contribution in [-0.4, -0.2) is 66.6 Å². The molecule has 1 N–H and O–H groups in total. The van der Waals surface area contributed by atoms with Gasteiger partial charge < -0.3 is 14.7 Å². The third kappa shape index (κ3) is 2.50. The highest BCUT2D eigenvalue weighted by Gasteiger charge is 2.47. The van der Waals surface area contributed by atoms with E-state index in [4.69, 9.17) is 4.74 Å². The van der Waals surface area contributed by atoms with Crippen LogP contribution in [0.3, 0.4) is 0 Å². The first-order valence-electron chi connectivity index (χ1n) is 8.34. The van der Waals surface area contributed by atoms with E-state index in [0.717, 1.165) is 0 Å². The van der Waals surface area contributed by atoms with Crippen LogP contribution in [0.2, 0.25) is 0 Å². The van der Waals surface area contributed by atoms with Crippen molar-refractivity contribution < 1.29 is 23.1 Å². The fraction of sp³-hybridized carbons (Fsp3) is 0.412. The molecule has 2 aliphatic heterocycles. The highest BCUT2D eigenvalue weighted by atomic mass is 32.2. The van der Waals surface area contributed by atoms with Crippen LogP contribution in [0.25, 0.3) is 10.8 Å². The maximum Gasteiger partial charge on any atom is 0.407 e. The summed E-state index contributed by atoms with van der Waals surface area (Å²) < 4.78 is 33.3. The molecule has 2 saturated heterocycles. The molecule has 0 spiro atoms. The van der Waals surface area contributed by atoms with Crippen LogP contribution < -0.4 is 4.74 Å². The SMILES string of the molecule is COc1cncc2cccc(S(=O)(=O)N3CC4CCN(C(=O)O)C4C3)c12. The Kier molecular flexibility index (Phi) is 4.00. The second-order valence-corrected chi connectivity index (χ2v) is 8.52. The van der Waals surface area contributed by atoms with Crippen LogP contribution in [0.5, 0.6) is 5.75 Å².